The highest BCUT2D eigenvalue weighted by Crippen LogP contribution is 2.32. The van der Waals surface area contributed by atoms with Crippen molar-refractivity contribution in [2.75, 3.05) is 23.3 Å². The molecule has 8 heterocycles. The average Bonchev–Trinajstić information content (AvgIpc) is 4.52. The number of aliphatic imine (C=N–C) groups is 1. The minimum absolute atomic E-state index is 0.393. The van der Waals surface area contributed by atoms with E-state index in [4.69, 9.17) is 0 Å². The van der Waals surface area contributed by atoms with Gasteiger partial charge in [-0.1, -0.05) is 152 Å². The van der Waals surface area contributed by atoms with E-state index in [9.17, 15) is 0 Å². The monoisotopic (exact) mass is 1120 g/mol. The maximum absolute atomic E-state index is 4.27. The highest BCUT2D eigenvalue weighted by atomic mass is 15.2. The van der Waals surface area contributed by atoms with E-state index in [0.717, 1.165) is 24.3 Å². The summed E-state index contributed by atoms with van der Waals surface area (Å²) >= 11 is 0. The lowest BCUT2D eigenvalue weighted by atomic mass is 9.95. The molecule has 438 valence electrons. The van der Waals surface area contributed by atoms with Gasteiger partial charge in [0.25, 0.3) is 0 Å². The fraction of sp³-hybridized carbons (Fsp3) is 0.351. The molecule has 3 aliphatic heterocycles. The average molecular weight is 1120 g/mol. The van der Waals surface area contributed by atoms with Gasteiger partial charge in [-0.3, -0.25) is 4.99 Å². The Kier molecular flexibility index (Phi) is 21.6. The van der Waals surface area contributed by atoms with Crippen LogP contribution in [0.4, 0.5) is 11.4 Å². The molecule has 6 aromatic carbocycles. The molecule has 0 radical (unpaired) electrons. The quantitative estimate of drug-likeness (QED) is 0.147. The molecular weight excluding hydrogens is 1030 g/mol. The molecule has 84 heavy (non-hydrogen) atoms. The second-order valence-corrected chi connectivity index (χ2v) is 24.2. The number of anilines is 2. The maximum atomic E-state index is 4.27. The summed E-state index contributed by atoms with van der Waals surface area (Å²) in [6.45, 7) is 34.1. The third-order valence-electron chi connectivity index (χ3n) is 15.9. The lowest BCUT2D eigenvalue weighted by Crippen LogP contribution is -2.28. The van der Waals surface area contributed by atoms with Crippen LogP contribution >= 0.6 is 0 Å². The Balaban J connectivity index is 0.000000128. The van der Waals surface area contributed by atoms with E-state index in [2.05, 4.69) is 287 Å². The highest BCUT2D eigenvalue weighted by Gasteiger charge is 2.20. The summed E-state index contributed by atoms with van der Waals surface area (Å²) in [7, 11) is 0. The zero-order valence-electron chi connectivity index (χ0n) is 52.5. The molecular formula is C74H92N10. The Bertz CT molecular complexity index is 3670. The lowest BCUT2D eigenvalue weighted by Gasteiger charge is -2.23. The van der Waals surface area contributed by atoms with E-state index in [1.165, 1.54) is 108 Å². The van der Waals surface area contributed by atoms with Gasteiger partial charge in [0.1, 0.15) is 11.8 Å². The van der Waals surface area contributed by atoms with Crippen LogP contribution in [0.15, 0.2) is 182 Å². The van der Waals surface area contributed by atoms with E-state index < -0.39 is 0 Å². The number of H-pyrrole nitrogens is 2. The second kappa shape index (κ2) is 29.3. The van der Waals surface area contributed by atoms with Crippen LogP contribution < -0.4 is 10.2 Å². The summed E-state index contributed by atoms with van der Waals surface area (Å²) in [5.74, 6) is 2.45. The van der Waals surface area contributed by atoms with E-state index in [0.29, 0.717) is 41.8 Å². The number of nitrogens with one attached hydrogen (secondary N) is 3. The molecule has 0 spiro atoms. The molecule has 0 fully saturated rings. The third kappa shape index (κ3) is 15.3. The summed E-state index contributed by atoms with van der Waals surface area (Å²) in [6, 6.07) is 51.1. The van der Waals surface area contributed by atoms with Crippen LogP contribution in [0.3, 0.4) is 0 Å². The topological polar surface area (TPSA) is 108 Å². The number of benzene rings is 6. The van der Waals surface area contributed by atoms with Crippen LogP contribution in [-0.4, -0.2) is 59.4 Å². The normalized spacial score (nSPS) is 12.7. The zero-order valence-corrected chi connectivity index (χ0v) is 52.5. The standard InChI is InChI=1S/C11H13N.C11H15N.2C11H13N.C11H15N.C11H13N.C8H10N4/c1-8(2)10-5-3-4-9-6-12-7-11(9)10;2*1-8(2)9-4-3-5-11-10(9)6-7-12-11;1-8(2)10-5-3-4-9-6-7-12-11(9)10;2*1-9(2)12-8-7-10-5-3-4-6-11(10)12;1-6(2)12-5-11-7-3-9-4-10-8(7)12/h3-5,7-8H,6H2,1-2H3;3-5,8,12H,6-7H2,1-2H3;2*3-8,12H,1-2H3;3-6,9H,7-8H2,1-2H3;3-9H,1-2H3;3-6H,1-2H3. The molecule has 0 saturated carbocycles. The van der Waals surface area contributed by atoms with Gasteiger partial charge in [0.05, 0.1) is 19.1 Å². The molecule has 3 N–H and O–H groups in total. The van der Waals surface area contributed by atoms with Crippen LogP contribution in [0.2, 0.25) is 0 Å². The van der Waals surface area contributed by atoms with Gasteiger partial charge in [-0.25, -0.2) is 15.0 Å². The second-order valence-electron chi connectivity index (χ2n) is 24.2. The minimum Gasteiger partial charge on any atom is -0.384 e. The number of nitrogens with zero attached hydrogens (tertiary/aromatic N) is 7. The summed E-state index contributed by atoms with van der Waals surface area (Å²) in [4.78, 5) is 25.4. The molecule has 0 atom stereocenters. The van der Waals surface area contributed by atoms with Crippen molar-refractivity contribution in [2.45, 2.75) is 158 Å². The summed E-state index contributed by atoms with van der Waals surface area (Å²) < 4.78 is 4.31. The smallest absolute Gasteiger partial charge is 0.163 e. The SMILES string of the molecule is CC(C)N1CCc2ccccc21.CC(C)c1cccc2[nH]ccc12.CC(C)c1cccc2c1C=NC2.CC(C)c1cccc2c1CCN2.CC(C)c1cccc2cc[nH]c12.CC(C)n1ccc2ccccc21.CC(C)n1cnc2cncnc21. The Hall–Kier alpha value is -8.24. The molecule has 3 aliphatic rings. The van der Waals surface area contributed by atoms with Crippen LogP contribution in [-0.2, 0) is 19.4 Å². The van der Waals surface area contributed by atoms with E-state index >= 15 is 0 Å². The van der Waals surface area contributed by atoms with E-state index in [-0.39, 0.29) is 0 Å². The predicted molar refractivity (Wildman–Crippen MR) is 360 cm³/mol. The van der Waals surface area contributed by atoms with Gasteiger partial charge in [-0.15, -0.1) is 0 Å². The van der Waals surface area contributed by atoms with Crippen LogP contribution in [0, 0.1) is 0 Å². The first-order valence-electron chi connectivity index (χ1n) is 30.6. The highest BCUT2D eigenvalue weighted by molar-refractivity contribution is 5.87. The fourth-order valence-electron chi connectivity index (χ4n) is 11.4. The van der Waals surface area contributed by atoms with Gasteiger partial charge in [0, 0.05) is 94.9 Å². The first kappa shape index (κ1) is 61.8. The van der Waals surface area contributed by atoms with Crippen molar-refractivity contribution in [3.8, 4) is 0 Å². The van der Waals surface area contributed by atoms with Crippen LogP contribution in [0.25, 0.3) is 43.9 Å². The largest absolute Gasteiger partial charge is 0.384 e. The number of aromatic amines is 2. The number of para-hydroxylation sites is 3. The van der Waals surface area contributed by atoms with Gasteiger partial charge >= 0.3 is 0 Å². The number of aromatic nitrogens is 7. The Morgan fingerprint density at radius 3 is 1.90 bits per heavy atom. The van der Waals surface area contributed by atoms with Crippen LogP contribution in [0.1, 0.15) is 177 Å². The number of hydrogen-bond acceptors (Lipinski definition) is 6. The van der Waals surface area contributed by atoms with Crippen molar-refractivity contribution in [3.63, 3.8) is 0 Å². The third-order valence-corrected chi connectivity index (χ3v) is 15.9. The first-order chi connectivity index (χ1) is 40.5. The van der Waals surface area contributed by atoms with Gasteiger partial charge in [0.15, 0.2) is 5.65 Å². The van der Waals surface area contributed by atoms with E-state index in [1.54, 1.807) is 18.9 Å². The molecule has 0 aliphatic carbocycles. The number of imidazole rings is 1. The van der Waals surface area contributed by atoms with Gasteiger partial charge in [-0.2, -0.15) is 0 Å². The molecule has 5 aromatic heterocycles. The van der Waals surface area contributed by atoms with Gasteiger partial charge in [-0.05, 0) is 170 Å². The predicted octanol–water partition coefficient (Wildman–Crippen LogP) is 19.2. The maximum Gasteiger partial charge on any atom is 0.163 e. The van der Waals surface area contributed by atoms with Crippen molar-refractivity contribution >= 4 is 61.5 Å². The number of fused-ring (bicyclic) bond motifs is 7. The molecule has 10 nitrogen and oxygen atoms in total. The molecule has 14 rings (SSSR count). The molecule has 11 aromatic rings. The number of hydrogen-bond donors (Lipinski definition) is 3. The summed E-state index contributed by atoms with van der Waals surface area (Å²) in [6.07, 6.45) is 15.6. The van der Waals surface area contributed by atoms with Crippen molar-refractivity contribution in [3.05, 3.63) is 221 Å². The Labute approximate surface area is 500 Å². The molecule has 0 unspecified atom stereocenters. The van der Waals surface area contributed by atoms with Crippen molar-refractivity contribution in [1.29, 1.82) is 0 Å². The number of rotatable bonds is 7. The van der Waals surface area contributed by atoms with Crippen molar-refractivity contribution in [2.24, 2.45) is 4.99 Å². The molecule has 0 bridgehead atoms. The van der Waals surface area contributed by atoms with Crippen molar-refractivity contribution in [1.82, 2.24) is 34.1 Å². The minimum atomic E-state index is 0.393. The summed E-state index contributed by atoms with van der Waals surface area (Å²) in [5, 5.41) is 7.38. The van der Waals surface area contributed by atoms with Gasteiger partial charge in [0.2, 0.25) is 0 Å². The first-order valence-corrected chi connectivity index (χ1v) is 30.6. The zero-order chi connectivity index (χ0) is 59.9. The van der Waals surface area contributed by atoms with Gasteiger partial charge < -0.3 is 29.3 Å². The van der Waals surface area contributed by atoms with Crippen LogP contribution in [0.5, 0.6) is 0 Å². The van der Waals surface area contributed by atoms with E-state index in [1.807, 2.05) is 23.2 Å². The summed E-state index contributed by atoms with van der Waals surface area (Å²) in [5.41, 5.74) is 19.9. The fourth-order valence-corrected chi connectivity index (χ4v) is 11.4. The molecule has 0 amide bonds. The lowest BCUT2D eigenvalue weighted by molar-refractivity contribution is 0.612. The Morgan fingerprint density at radius 1 is 0.512 bits per heavy atom. The molecule has 0 saturated heterocycles. The molecule has 10 heteroatoms. The van der Waals surface area contributed by atoms with Crippen molar-refractivity contribution < 1.29 is 0 Å². The Morgan fingerprint density at radius 2 is 1.15 bits per heavy atom.